The predicted molar refractivity (Wildman–Crippen MR) is 69.0 cm³/mol. The highest BCUT2D eigenvalue weighted by atomic mass is 32.2. The summed E-state index contributed by atoms with van der Waals surface area (Å²) in [7, 11) is -3.80. The minimum atomic E-state index is -3.80. The molecule has 0 aliphatic heterocycles. The van der Waals surface area contributed by atoms with E-state index in [1.807, 2.05) is 6.92 Å². The average Bonchev–Trinajstić information content (AvgIpc) is 2.27. The second-order valence-electron chi connectivity index (χ2n) is 4.28. The lowest BCUT2D eigenvalue weighted by Gasteiger charge is -2.14. The zero-order chi connectivity index (χ0) is 13.8. The second-order valence-corrected chi connectivity index (χ2v) is 5.96. The molecule has 1 aromatic rings. The van der Waals surface area contributed by atoms with Gasteiger partial charge in [0.25, 0.3) is 0 Å². The van der Waals surface area contributed by atoms with E-state index in [-0.39, 0.29) is 17.5 Å². The third kappa shape index (κ3) is 3.76. The predicted octanol–water partition coefficient (Wildman–Crippen LogP) is 1.75. The fourth-order valence-corrected chi connectivity index (χ4v) is 3.05. The highest BCUT2D eigenvalue weighted by molar-refractivity contribution is 7.89. The third-order valence-corrected chi connectivity index (χ3v) is 4.22. The first-order valence-electron chi connectivity index (χ1n) is 5.91. The van der Waals surface area contributed by atoms with Gasteiger partial charge in [0, 0.05) is 12.6 Å². The van der Waals surface area contributed by atoms with E-state index in [0.29, 0.717) is 12.0 Å². The molecule has 0 aliphatic rings. The van der Waals surface area contributed by atoms with Crippen LogP contribution in [0.2, 0.25) is 0 Å². The summed E-state index contributed by atoms with van der Waals surface area (Å²) >= 11 is 0. The molecule has 0 bridgehead atoms. The monoisotopic (exact) mass is 274 g/mol. The highest BCUT2D eigenvalue weighted by Gasteiger charge is 2.21. The van der Waals surface area contributed by atoms with Gasteiger partial charge in [0.15, 0.2) is 0 Å². The first-order chi connectivity index (χ1) is 8.40. The molecule has 1 rings (SSSR count). The average molecular weight is 274 g/mol. The van der Waals surface area contributed by atoms with Gasteiger partial charge >= 0.3 is 0 Å². The normalized spacial score (nSPS) is 13.6. The Hall–Kier alpha value is -0.980. The fourth-order valence-electron chi connectivity index (χ4n) is 1.71. The van der Waals surface area contributed by atoms with E-state index in [1.165, 1.54) is 12.1 Å². The maximum Gasteiger partial charge on any atom is 0.243 e. The number of benzene rings is 1. The van der Waals surface area contributed by atoms with Crippen molar-refractivity contribution < 1.29 is 12.8 Å². The summed E-state index contributed by atoms with van der Waals surface area (Å²) in [6.45, 7) is 3.89. The molecule has 0 heterocycles. The summed E-state index contributed by atoms with van der Waals surface area (Å²) in [4.78, 5) is -0.331. The van der Waals surface area contributed by atoms with Gasteiger partial charge in [0.1, 0.15) is 10.7 Å². The van der Waals surface area contributed by atoms with Crippen LogP contribution >= 0.6 is 0 Å². The van der Waals surface area contributed by atoms with Crippen molar-refractivity contribution in [3.05, 3.63) is 29.6 Å². The van der Waals surface area contributed by atoms with Crippen molar-refractivity contribution >= 4 is 10.0 Å². The quantitative estimate of drug-likeness (QED) is 0.830. The molecule has 18 heavy (non-hydrogen) atoms. The molecule has 4 nitrogen and oxygen atoms in total. The van der Waals surface area contributed by atoms with Crippen LogP contribution in [-0.2, 0) is 16.6 Å². The van der Waals surface area contributed by atoms with Crippen molar-refractivity contribution in [2.45, 2.75) is 44.2 Å². The van der Waals surface area contributed by atoms with E-state index < -0.39 is 15.8 Å². The van der Waals surface area contributed by atoms with Crippen molar-refractivity contribution in [1.82, 2.24) is 4.72 Å². The number of nitrogens with two attached hydrogens (primary N) is 1. The van der Waals surface area contributed by atoms with Crippen molar-refractivity contribution in [2.75, 3.05) is 0 Å². The Bertz CT molecular complexity index is 503. The van der Waals surface area contributed by atoms with Crippen LogP contribution in [0.15, 0.2) is 23.1 Å². The summed E-state index contributed by atoms with van der Waals surface area (Å²) in [5.41, 5.74) is 5.93. The SMILES string of the molecule is CCCC(C)NS(=O)(=O)c1ccc(CN)cc1F. The number of halogens is 1. The Morgan fingerprint density at radius 1 is 1.44 bits per heavy atom. The van der Waals surface area contributed by atoms with Gasteiger partial charge in [-0.25, -0.2) is 17.5 Å². The molecule has 3 N–H and O–H groups in total. The standard InChI is InChI=1S/C12H19FN2O2S/c1-3-4-9(2)15-18(16,17)12-6-5-10(8-14)7-11(12)13/h5-7,9,15H,3-4,8,14H2,1-2H3. The van der Waals surface area contributed by atoms with Gasteiger partial charge < -0.3 is 5.73 Å². The topological polar surface area (TPSA) is 72.2 Å². The molecule has 0 aliphatic carbocycles. The lowest BCUT2D eigenvalue weighted by Crippen LogP contribution is -2.33. The Labute approximate surface area is 107 Å². The van der Waals surface area contributed by atoms with Crippen LogP contribution in [0.3, 0.4) is 0 Å². The van der Waals surface area contributed by atoms with Crippen LogP contribution in [0, 0.1) is 5.82 Å². The van der Waals surface area contributed by atoms with Crippen LogP contribution in [-0.4, -0.2) is 14.5 Å². The maximum atomic E-state index is 13.7. The van der Waals surface area contributed by atoms with E-state index in [1.54, 1.807) is 6.92 Å². The molecule has 0 aromatic heterocycles. The molecule has 0 fully saturated rings. The van der Waals surface area contributed by atoms with Crippen LogP contribution in [0.25, 0.3) is 0 Å². The zero-order valence-corrected chi connectivity index (χ0v) is 11.4. The van der Waals surface area contributed by atoms with E-state index in [2.05, 4.69) is 4.72 Å². The second kappa shape index (κ2) is 6.26. The Kier molecular flexibility index (Phi) is 5.25. The van der Waals surface area contributed by atoms with E-state index in [9.17, 15) is 12.8 Å². The highest BCUT2D eigenvalue weighted by Crippen LogP contribution is 2.16. The van der Waals surface area contributed by atoms with Crippen LogP contribution < -0.4 is 10.5 Å². The lowest BCUT2D eigenvalue weighted by molar-refractivity contribution is 0.530. The third-order valence-electron chi connectivity index (χ3n) is 2.60. The fraction of sp³-hybridized carbons (Fsp3) is 0.500. The molecule has 1 atom stereocenters. The largest absolute Gasteiger partial charge is 0.326 e. The molecule has 0 radical (unpaired) electrons. The number of hydrogen-bond acceptors (Lipinski definition) is 3. The van der Waals surface area contributed by atoms with Gasteiger partial charge in [-0.2, -0.15) is 0 Å². The molecule has 1 unspecified atom stereocenters. The maximum absolute atomic E-state index is 13.7. The first-order valence-corrected chi connectivity index (χ1v) is 7.39. The number of hydrogen-bond donors (Lipinski definition) is 2. The zero-order valence-electron chi connectivity index (χ0n) is 10.6. The summed E-state index contributed by atoms with van der Waals surface area (Å²) in [5.74, 6) is -0.769. The smallest absolute Gasteiger partial charge is 0.243 e. The van der Waals surface area contributed by atoms with Gasteiger partial charge in [0.2, 0.25) is 10.0 Å². The van der Waals surface area contributed by atoms with Crippen molar-refractivity contribution in [3.63, 3.8) is 0 Å². The molecular weight excluding hydrogens is 255 g/mol. The molecular formula is C12H19FN2O2S. The summed E-state index contributed by atoms with van der Waals surface area (Å²) in [6.07, 6.45) is 1.57. The summed E-state index contributed by atoms with van der Waals surface area (Å²) < 4.78 is 40.1. The van der Waals surface area contributed by atoms with Gasteiger partial charge in [-0.1, -0.05) is 19.4 Å². The number of sulfonamides is 1. The molecule has 1 aromatic carbocycles. The van der Waals surface area contributed by atoms with Crippen molar-refractivity contribution in [2.24, 2.45) is 5.73 Å². The van der Waals surface area contributed by atoms with E-state index in [4.69, 9.17) is 5.73 Å². The summed E-state index contributed by atoms with van der Waals surface area (Å²) in [5, 5.41) is 0. The van der Waals surface area contributed by atoms with Crippen molar-refractivity contribution in [3.8, 4) is 0 Å². The van der Waals surface area contributed by atoms with E-state index in [0.717, 1.165) is 12.5 Å². The minimum absolute atomic E-state index is 0.177. The number of rotatable bonds is 6. The summed E-state index contributed by atoms with van der Waals surface area (Å²) in [6, 6.07) is 3.70. The minimum Gasteiger partial charge on any atom is -0.326 e. The van der Waals surface area contributed by atoms with Gasteiger partial charge in [-0.05, 0) is 31.0 Å². The van der Waals surface area contributed by atoms with E-state index >= 15 is 0 Å². The molecule has 6 heteroatoms. The van der Waals surface area contributed by atoms with Crippen LogP contribution in [0.1, 0.15) is 32.3 Å². The Balaban J connectivity index is 2.98. The van der Waals surface area contributed by atoms with Crippen LogP contribution in [0.5, 0.6) is 0 Å². The van der Waals surface area contributed by atoms with Gasteiger partial charge in [0.05, 0.1) is 0 Å². The number of nitrogens with one attached hydrogen (secondary N) is 1. The molecule has 102 valence electrons. The molecule has 0 saturated carbocycles. The first kappa shape index (κ1) is 15.1. The molecule has 0 saturated heterocycles. The van der Waals surface area contributed by atoms with Gasteiger partial charge in [-0.15, -0.1) is 0 Å². The van der Waals surface area contributed by atoms with Crippen molar-refractivity contribution in [1.29, 1.82) is 0 Å². The lowest BCUT2D eigenvalue weighted by atomic mass is 10.2. The van der Waals surface area contributed by atoms with Crippen LogP contribution in [0.4, 0.5) is 4.39 Å². The Morgan fingerprint density at radius 2 is 2.11 bits per heavy atom. The Morgan fingerprint density at radius 3 is 2.61 bits per heavy atom. The molecule has 0 amide bonds. The molecule has 0 spiro atoms. The van der Waals surface area contributed by atoms with Gasteiger partial charge in [-0.3, -0.25) is 0 Å².